The number of carbonyl (C=O) groups excluding carboxylic acids is 3. The van der Waals surface area contributed by atoms with Gasteiger partial charge >= 0.3 is 6.09 Å². The molecule has 3 aliphatic rings. The Balaban J connectivity index is 1.20. The molecule has 0 unspecified atom stereocenters. The molecule has 1 saturated heterocycles. The number of amides is 3. The maximum Gasteiger partial charge on any atom is 0.415 e. The van der Waals surface area contributed by atoms with Crippen molar-refractivity contribution in [2.75, 3.05) is 57.8 Å². The summed E-state index contributed by atoms with van der Waals surface area (Å²) < 4.78 is 8.06. The summed E-state index contributed by atoms with van der Waals surface area (Å²) in [5, 5.41) is 0. The molecule has 0 N–H and O–H groups in total. The highest BCUT2D eigenvalue weighted by Gasteiger charge is 2.33. The van der Waals surface area contributed by atoms with Crippen LogP contribution >= 0.6 is 0 Å². The van der Waals surface area contributed by atoms with Crippen LogP contribution in [0, 0.1) is 6.92 Å². The monoisotopic (exact) mass is 772 g/mol. The van der Waals surface area contributed by atoms with Crippen LogP contribution in [0.4, 0.5) is 10.5 Å². The Hall–Kier alpha value is -5.09. The molecule has 0 aliphatic carbocycles. The van der Waals surface area contributed by atoms with Crippen molar-refractivity contribution in [3.8, 4) is 17.0 Å². The molecule has 0 spiro atoms. The van der Waals surface area contributed by atoms with Gasteiger partial charge in [-0.3, -0.25) is 9.59 Å². The molecule has 7 rings (SSSR count). The van der Waals surface area contributed by atoms with E-state index in [0.717, 1.165) is 111 Å². The normalized spacial score (nSPS) is 16.9. The molecule has 302 valence electrons. The van der Waals surface area contributed by atoms with Crippen LogP contribution in [-0.2, 0) is 33.0 Å². The van der Waals surface area contributed by atoms with Crippen molar-refractivity contribution in [2.45, 2.75) is 85.4 Å². The fraction of sp³-hybridized carbons (Fsp3) is 0.468. The zero-order valence-corrected chi connectivity index (χ0v) is 34.9. The Bertz CT molecular complexity index is 2090. The Morgan fingerprint density at radius 2 is 1.49 bits per heavy atom. The Morgan fingerprint density at radius 1 is 0.772 bits per heavy atom. The second-order valence-electron chi connectivity index (χ2n) is 16.3. The van der Waals surface area contributed by atoms with Crippen LogP contribution in [0.2, 0.25) is 0 Å². The average Bonchev–Trinajstić information content (AvgIpc) is 3.52. The van der Waals surface area contributed by atoms with Crippen LogP contribution in [-0.4, -0.2) is 101 Å². The zero-order valence-electron chi connectivity index (χ0n) is 34.9. The van der Waals surface area contributed by atoms with Gasteiger partial charge < -0.3 is 33.8 Å². The number of hydrogen-bond acceptors (Lipinski definition) is 6. The third kappa shape index (κ3) is 8.61. The first kappa shape index (κ1) is 40.1. The Morgan fingerprint density at radius 3 is 2.21 bits per heavy atom. The van der Waals surface area contributed by atoms with Crippen molar-refractivity contribution >= 4 is 23.6 Å². The summed E-state index contributed by atoms with van der Waals surface area (Å²) in [6, 6.07) is 22.3. The van der Waals surface area contributed by atoms with Crippen molar-refractivity contribution < 1.29 is 19.1 Å². The van der Waals surface area contributed by atoms with Gasteiger partial charge in [0.1, 0.15) is 5.75 Å². The lowest BCUT2D eigenvalue weighted by molar-refractivity contribution is 0.0658. The van der Waals surface area contributed by atoms with Crippen LogP contribution in [0.3, 0.4) is 0 Å². The zero-order chi connectivity index (χ0) is 40.2. The van der Waals surface area contributed by atoms with Crippen molar-refractivity contribution in [1.29, 1.82) is 0 Å². The summed E-state index contributed by atoms with van der Waals surface area (Å²) >= 11 is 0. The molecule has 3 amide bonds. The molecule has 0 radical (unpaired) electrons. The fourth-order valence-electron chi connectivity index (χ4n) is 8.59. The molecule has 57 heavy (non-hydrogen) atoms. The lowest BCUT2D eigenvalue weighted by atomic mass is 9.90. The van der Waals surface area contributed by atoms with E-state index in [1.807, 2.05) is 60.2 Å². The number of unbranched alkanes of at least 4 members (excludes halogenated alkanes) is 2. The van der Waals surface area contributed by atoms with E-state index in [4.69, 9.17) is 4.74 Å². The highest BCUT2D eigenvalue weighted by molar-refractivity contribution is 6.03. The molecular weight excluding hydrogens is 713 g/mol. The molecule has 0 bridgehead atoms. The number of aromatic nitrogens is 1. The number of carbonyl (C=O) groups is 3. The van der Waals surface area contributed by atoms with E-state index in [2.05, 4.69) is 72.5 Å². The van der Waals surface area contributed by atoms with Crippen LogP contribution in [0.5, 0.6) is 5.75 Å². The van der Waals surface area contributed by atoms with E-state index < -0.39 is 6.09 Å². The Labute approximate surface area is 339 Å². The van der Waals surface area contributed by atoms with Gasteiger partial charge in [-0.2, -0.15) is 0 Å². The van der Waals surface area contributed by atoms with Crippen LogP contribution in [0.1, 0.15) is 95.1 Å². The lowest BCUT2D eigenvalue weighted by Gasteiger charge is -2.36. The molecule has 4 aromatic rings. The van der Waals surface area contributed by atoms with Crippen LogP contribution < -0.4 is 9.64 Å². The van der Waals surface area contributed by atoms with Crippen molar-refractivity contribution in [2.24, 2.45) is 7.05 Å². The minimum Gasteiger partial charge on any atom is -0.410 e. The molecule has 10 heteroatoms. The molecule has 1 fully saturated rings. The van der Waals surface area contributed by atoms with E-state index in [1.165, 1.54) is 5.56 Å². The number of fused-ring (bicyclic) bond motifs is 2. The van der Waals surface area contributed by atoms with E-state index in [0.29, 0.717) is 42.9 Å². The van der Waals surface area contributed by atoms with Gasteiger partial charge in [0.05, 0.1) is 5.56 Å². The van der Waals surface area contributed by atoms with Gasteiger partial charge in [-0.1, -0.05) is 57.0 Å². The van der Waals surface area contributed by atoms with E-state index in [1.54, 1.807) is 4.90 Å². The fourth-order valence-corrected chi connectivity index (χ4v) is 8.59. The molecule has 4 heterocycles. The van der Waals surface area contributed by atoms with Crippen LogP contribution in [0.25, 0.3) is 11.3 Å². The topological polar surface area (TPSA) is 81.6 Å². The molecule has 3 aliphatic heterocycles. The van der Waals surface area contributed by atoms with Crippen molar-refractivity contribution in [3.63, 3.8) is 0 Å². The van der Waals surface area contributed by atoms with Gasteiger partial charge in [0.15, 0.2) is 0 Å². The minimum atomic E-state index is -0.397. The highest BCUT2D eigenvalue weighted by Crippen LogP contribution is 2.36. The number of likely N-dealkylation sites (N-methyl/N-ethyl adjacent to an activating group) is 1. The SMILES string of the molecule is CCCCN(CCCC)C(=O)c1cc(-c2cc3c(cc2C(=O)N2Cc4ccccc4C[C@H]2C)CN(C(=O)Oc2cccc(N4CCN(C)CC4)c2)CC3)n(C)c1C. The maximum absolute atomic E-state index is 14.9. The van der Waals surface area contributed by atoms with E-state index >= 15 is 0 Å². The molecule has 1 atom stereocenters. The quantitative estimate of drug-likeness (QED) is 0.154. The number of ether oxygens (including phenoxy) is 1. The molecule has 1 aromatic heterocycles. The summed E-state index contributed by atoms with van der Waals surface area (Å²) in [5.41, 5.74) is 9.35. The van der Waals surface area contributed by atoms with Crippen molar-refractivity contribution in [1.82, 2.24) is 24.2 Å². The van der Waals surface area contributed by atoms with Gasteiger partial charge in [0.25, 0.3) is 11.8 Å². The van der Waals surface area contributed by atoms with Gasteiger partial charge in [-0.15, -0.1) is 0 Å². The van der Waals surface area contributed by atoms with Crippen molar-refractivity contribution in [3.05, 3.63) is 106 Å². The first-order chi connectivity index (χ1) is 27.6. The maximum atomic E-state index is 14.9. The third-order valence-corrected chi connectivity index (χ3v) is 12.4. The number of nitrogens with zero attached hydrogens (tertiary/aromatic N) is 6. The average molecular weight is 773 g/mol. The summed E-state index contributed by atoms with van der Waals surface area (Å²) in [6.45, 7) is 15.1. The highest BCUT2D eigenvalue weighted by atomic mass is 16.6. The first-order valence-corrected chi connectivity index (χ1v) is 21.1. The van der Waals surface area contributed by atoms with Crippen LogP contribution in [0.15, 0.2) is 66.7 Å². The Kier molecular flexibility index (Phi) is 12.4. The number of rotatable bonds is 11. The molecule has 10 nitrogen and oxygen atoms in total. The smallest absolute Gasteiger partial charge is 0.410 e. The lowest BCUT2D eigenvalue weighted by Crippen LogP contribution is -2.44. The summed E-state index contributed by atoms with van der Waals surface area (Å²) in [5.74, 6) is 0.529. The second kappa shape index (κ2) is 17.6. The van der Waals surface area contributed by atoms with Gasteiger partial charge in [-0.25, -0.2) is 4.79 Å². The molecular formula is C47H60N6O4. The van der Waals surface area contributed by atoms with Gasteiger partial charge in [0.2, 0.25) is 0 Å². The second-order valence-corrected chi connectivity index (χ2v) is 16.3. The summed E-state index contributed by atoms with van der Waals surface area (Å²) in [6.07, 6.45) is 4.97. The van der Waals surface area contributed by atoms with E-state index in [-0.39, 0.29) is 17.9 Å². The largest absolute Gasteiger partial charge is 0.415 e. The third-order valence-electron chi connectivity index (χ3n) is 12.4. The standard InChI is InChI=1S/C47H60N6O4/c1-7-9-19-51(20-10-8-2)45(54)41-30-44(49(6)34(41)4)42-27-36-18-21-52(47(56)57-40-17-13-16-39(29-40)50-24-22-48(5)23-25-50)31-38(36)28-43(42)46(55)53-32-37-15-12-11-14-35(37)26-33(53)3/h11-17,27-30,33H,7-10,18-26,31-32H2,1-6H3/t33-/m1/s1. The first-order valence-electron chi connectivity index (χ1n) is 21.1. The van der Waals surface area contributed by atoms with Gasteiger partial charge in [-0.05, 0) is 99.2 Å². The minimum absolute atomic E-state index is 0.00217. The molecule has 3 aromatic carbocycles. The predicted molar refractivity (Wildman–Crippen MR) is 227 cm³/mol. The number of piperazine rings is 1. The van der Waals surface area contributed by atoms with E-state index in [9.17, 15) is 14.4 Å². The predicted octanol–water partition coefficient (Wildman–Crippen LogP) is 7.94. The van der Waals surface area contributed by atoms with Gasteiger partial charge in [0, 0.05) is 106 Å². The number of benzene rings is 3. The number of anilines is 1. The number of hydrogen-bond donors (Lipinski definition) is 0. The summed E-state index contributed by atoms with van der Waals surface area (Å²) in [4.78, 5) is 53.2. The summed E-state index contributed by atoms with van der Waals surface area (Å²) in [7, 11) is 4.13. The molecule has 0 saturated carbocycles.